The topological polar surface area (TPSA) is 0 Å². The number of fused-ring (bicyclic) bond motifs is 3. The predicted molar refractivity (Wildman–Crippen MR) is 73.6 cm³/mol. The van der Waals surface area contributed by atoms with Crippen molar-refractivity contribution in [2.75, 3.05) is 0 Å². The molecule has 0 amide bonds. The molecule has 0 unspecified atom stereocenters. The normalized spacial score (nSPS) is 15.7. The van der Waals surface area contributed by atoms with Crippen LogP contribution in [0, 0.1) is 0 Å². The molecule has 0 radical (unpaired) electrons. The van der Waals surface area contributed by atoms with Crippen molar-refractivity contribution >= 4 is 30.0 Å². The van der Waals surface area contributed by atoms with Crippen LogP contribution >= 0.6 is 11.6 Å². The third-order valence-electron chi connectivity index (χ3n) is 3.53. The highest BCUT2D eigenvalue weighted by atomic mass is 35.5. The van der Waals surface area contributed by atoms with Gasteiger partial charge in [0.25, 0.3) is 0 Å². The van der Waals surface area contributed by atoms with Gasteiger partial charge in [-0.05, 0) is 27.6 Å². The number of hydrogen-bond acceptors (Lipinski definition) is 0. The molecular weight excluding hydrogens is 232 g/mol. The molecule has 1 heterocycles. The Labute approximate surface area is 102 Å². The fourth-order valence-corrected chi connectivity index (χ4v) is 6.91. The van der Waals surface area contributed by atoms with Gasteiger partial charge in [-0.2, -0.15) is 0 Å². The van der Waals surface area contributed by atoms with E-state index in [0.717, 1.165) is 5.02 Å². The molecule has 1 aliphatic heterocycles. The van der Waals surface area contributed by atoms with Gasteiger partial charge in [-0.3, -0.25) is 0 Å². The molecule has 0 N–H and O–H groups in total. The summed E-state index contributed by atoms with van der Waals surface area (Å²) in [6.45, 7) is 4.76. The molecule has 0 atom stereocenters. The Bertz CT molecular complexity index is 573. The molecule has 0 spiro atoms. The minimum atomic E-state index is -1.56. The van der Waals surface area contributed by atoms with Crippen molar-refractivity contribution in [3.05, 3.63) is 47.5 Å². The van der Waals surface area contributed by atoms with Gasteiger partial charge >= 0.3 is 0 Å². The van der Waals surface area contributed by atoms with Gasteiger partial charge in [0, 0.05) is 5.02 Å². The minimum absolute atomic E-state index is 0.936. The lowest BCUT2D eigenvalue weighted by Crippen LogP contribution is -2.49. The average Bonchev–Trinajstić information content (AvgIpc) is 2.50. The van der Waals surface area contributed by atoms with E-state index in [1.54, 1.807) is 0 Å². The van der Waals surface area contributed by atoms with Crippen molar-refractivity contribution in [1.29, 1.82) is 0 Å². The number of hydrogen-bond donors (Lipinski definition) is 0. The summed E-state index contributed by atoms with van der Waals surface area (Å²) >= 11 is 6.38. The van der Waals surface area contributed by atoms with Crippen molar-refractivity contribution in [1.82, 2.24) is 0 Å². The van der Waals surface area contributed by atoms with Crippen molar-refractivity contribution in [2.45, 2.75) is 13.1 Å². The Morgan fingerprint density at radius 1 is 0.875 bits per heavy atom. The van der Waals surface area contributed by atoms with Crippen LogP contribution < -0.4 is 10.4 Å². The monoisotopic (exact) mass is 244 g/mol. The average molecular weight is 245 g/mol. The molecule has 0 nitrogen and oxygen atoms in total. The second-order valence-electron chi connectivity index (χ2n) is 4.83. The van der Waals surface area contributed by atoms with Crippen LogP contribution in [0.2, 0.25) is 18.1 Å². The SMILES string of the molecule is C[Si]1(C)c2ccccc2-c2cccc(Cl)c21. The maximum Gasteiger partial charge on any atom is 0.115 e. The second-order valence-corrected chi connectivity index (χ2v) is 9.53. The standard InChI is InChI=1S/C14H13ClSi/c1-16(2)13-9-4-3-6-10(13)11-7-5-8-12(15)14(11)16/h3-9H,1-2H3. The van der Waals surface area contributed by atoms with Gasteiger partial charge in [0.15, 0.2) is 0 Å². The first-order chi connectivity index (χ1) is 7.62. The molecule has 2 aromatic carbocycles. The van der Waals surface area contributed by atoms with Crippen LogP contribution in [0.4, 0.5) is 0 Å². The quantitative estimate of drug-likeness (QED) is 0.625. The molecule has 2 aromatic rings. The van der Waals surface area contributed by atoms with Gasteiger partial charge in [-0.1, -0.05) is 61.1 Å². The van der Waals surface area contributed by atoms with Crippen molar-refractivity contribution in [3.8, 4) is 11.1 Å². The van der Waals surface area contributed by atoms with Crippen LogP contribution in [0.3, 0.4) is 0 Å². The smallest absolute Gasteiger partial charge is 0.0844 e. The van der Waals surface area contributed by atoms with E-state index < -0.39 is 8.07 Å². The Hall–Kier alpha value is -1.05. The van der Waals surface area contributed by atoms with Gasteiger partial charge in [0.05, 0.1) is 0 Å². The van der Waals surface area contributed by atoms with Crippen LogP contribution in [-0.2, 0) is 0 Å². The first-order valence-corrected chi connectivity index (χ1v) is 8.89. The van der Waals surface area contributed by atoms with Gasteiger partial charge in [-0.25, -0.2) is 0 Å². The molecule has 80 valence electrons. The molecule has 16 heavy (non-hydrogen) atoms. The van der Waals surface area contributed by atoms with E-state index in [-0.39, 0.29) is 0 Å². The summed E-state index contributed by atoms with van der Waals surface area (Å²) in [6.07, 6.45) is 0. The van der Waals surface area contributed by atoms with Crippen LogP contribution in [0.1, 0.15) is 0 Å². The molecule has 1 aliphatic rings. The zero-order chi connectivity index (χ0) is 11.3. The summed E-state index contributed by atoms with van der Waals surface area (Å²) in [7, 11) is -1.56. The third kappa shape index (κ3) is 1.16. The number of halogens is 1. The molecular formula is C14H13ClSi. The van der Waals surface area contributed by atoms with Gasteiger partial charge < -0.3 is 0 Å². The highest BCUT2D eigenvalue weighted by Crippen LogP contribution is 2.30. The fraction of sp³-hybridized carbons (Fsp3) is 0.143. The summed E-state index contributed by atoms with van der Waals surface area (Å²) in [5.41, 5.74) is 2.73. The first kappa shape index (κ1) is 10.1. The zero-order valence-corrected chi connectivity index (χ0v) is 11.2. The third-order valence-corrected chi connectivity index (χ3v) is 7.57. The zero-order valence-electron chi connectivity index (χ0n) is 9.42. The summed E-state index contributed by atoms with van der Waals surface area (Å²) in [6, 6.07) is 15.0. The van der Waals surface area contributed by atoms with E-state index in [1.807, 2.05) is 12.1 Å². The van der Waals surface area contributed by atoms with Crippen LogP contribution in [0.5, 0.6) is 0 Å². The Balaban J connectivity index is 2.44. The van der Waals surface area contributed by atoms with E-state index in [4.69, 9.17) is 11.6 Å². The lowest BCUT2D eigenvalue weighted by Gasteiger charge is -2.19. The summed E-state index contributed by atoms with van der Waals surface area (Å²) < 4.78 is 0. The molecule has 0 fully saturated rings. The molecule has 0 saturated heterocycles. The molecule has 2 heteroatoms. The Kier molecular flexibility index (Phi) is 2.04. The Morgan fingerprint density at radius 3 is 2.38 bits per heavy atom. The van der Waals surface area contributed by atoms with E-state index >= 15 is 0 Å². The summed E-state index contributed by atoms with van der Waals surface area (Å²) in [4.78, 5) is 0. The van der Waals surface area contributed by atoms with Gasteiger partial charge in [0.2, 0.25) is 0 Å². The van der Waals surface area contributed by atoms with Crippen LogP contribution in [-0.4, -0.2) is 8.07 Å². The molecule has 0 aliphatic carbocycles. The maximum atomic E-state index is 6.38. The lowest BCUT2D eigenvalue weighted by molar-refractivity contribution is 1.71. The van der Waals surface area contributed by atoms with Crippen molar-refractivity contribution < 1.29 is 0 Å². The Morgan fingerprint density at radius 2 is 1.56 bits per heavy atom. The van der Waals surface area contributed by atoms with E-state index in [0.29, 0.717) is 0 Å². The lowest BCUT2D eigenvalue weighted by atomic mass is 10.1. The largest absolute Gasteiger partial charge is 0.115 e. The van der Waals surface area contributed by atoms with E-state index in [9.17, 15) is 0 Å². The van der Waals surface area contributed by atoms with Gasteiger partial charge in [0.1, 0.15) is 8.07 Å². The van der Waals surface area contributed by atoms with Crippen LogP contribution in [0.25, 0.3) is 11.1 Å². The number of rotatable bonds is 0. The van der Waals surface area contributed by atoms with Crippen LogP contribution in [0.15, 0.2) is 42.5 Å². The van der Waals surface area contributed by atoms with Crippen molar-refractivity contribution in [2.24, 2.45) is 0 Å². The number of benzene rings is 2. The highest BCUT2D eigenvalue weighted by molar-refractivity contribution is 7.04. The minimum Gasteiger partial charge on any atom is -0.0844 e. The molecule has 0 bridgehead atoms. The second kappa shape index (κ2) is 3.22. The van der Waals surface area contributed by atoms with E-state index in [1.165, 1.54) is 21.5 Å². The first-order valence-electron chi connectivity index (χ1n) is 5.51. The summed E-state index contributed by atoms with van der Waals surface area (Å²) in [5.74, 6) is 0. The van der Waals surface area contributed by atoms with Gasteiger partial charge in [-0.15, -0.1) is 0 Å². The van der Waals surface area contributed by atoms with Crippen molar-refractivity contribution in [3.63, 3.8) is 0 Å². The molecule has 3 rings (SSSR count). The highest BCUT2D eigenvalue weighted by Gasteiger charge is 2.38. The maximum absolute atomic E-state index is 6.38. The molecule has 0 aromatic heterocycles. The van der Waals surface area contributed by atoms with E-state index in [2.05, 4.69) is 43.4 Å². The summed E-state index contributed by atoms with van der Waals surface area (Å²) in [5, 5.41) is 3.85. The molecule has 0 saturated carbocycles. The predicted octanol–water partition coefficient (Wildman–Crippen LogP) is 3.14. The fourth-order valence-electron chi connectivity index (χ4n) is 2.78.